The van der Waals surface area contributed by atoms with E-state index >= 15 is 0 Å². The summed E-state index contributed by atoms with van der Waals surface area (Å²) >= 11 is 3.23. The molecule has 0 aliphatic heterocycles. The summed E-state index contributed by atoms with van der Waals surface area (Å²) in [5.74, 6) is -0.282. The van der Waals surface area contributed by atoms with Gasteiger partial charge in [0.05, 0.1) is 11.6 Å². The summed E-state index contributed by atoms with van der Waals surface area (Å²) in [6, 6.07) is 0. The van der Waals surface area contributed by atoms with Crippen LogP contribution in [0.3, 0.4) is 0 Å². The van der Waals surface area contributed by atoms with Gasteiger partial charge in [-0.05, 0) is 15.9 Å². The molecule has 0 fully saturated rings. The van der Waals surface area contributed by atoms with Crippen molar-refractivity contribution in [2.24, 2.45) is 7.05 Å². The number of carbonyl (C=O) groups is 1. The van der Waals surface area contributed by atoms with Gasteiger partial charge in [0.1, 0.15) is 0 Å². The van der Waals surface area contributed by atoms with Gasteiger partial charge in [-0.3, -0.25) is 14.3 Å². The molecule has 0 unspecified atom stereocenters. The van der Waals surface area contributed by atoms with Crippen LogP contribution in [0.1, 0.15) is 10.5 Å². The number of carbonyl (C=O) groups excluding carboxylic acids is 1. The van der Waals surface area contributed by atoms with E-state index in [9.17, 15) is 4.79 Å². The number of nitrogens with zero attached hydrogens (tertiary/aromatic N) is 3. The topological polar surface area (TPSA) is 47.4 Å². The number of amides is 1. The van der Waals surface area contributed by atoms with Crippen LogP contribution < -0.4 is 0 Å². The number of aromatic nitrogens is 2. The summed E-state index contributed by atoms with van der Waals surface area (Å²) in [5, 5.41) is 5.10. The maximum atomic E-state index is 11.5. The summed E-state index contributed by atoms with van der Waals surface area (Å²) in [4.78, 5) is 16.2. The van der Waals surface area contributed by atoms with Crippen molar-refractivity contribution < 1.29 is 9.63 Å². The van der Waals surface area contributed by atoms with Crippen molar-refractivity contribution in [2.45, 2.75) is 0 Å². The first kappa shape index (κ1) is 10.2. The van der Waals surface area contributed by atoms with Gasteiger partial charge in [-0.25, -0.2) is 5.06 Å². The van der Waals surface area contributed by atoms with Gasteiger partial charge in [0.15, 0.2) is 5.69 Å². The Hall–Kier alpha value is -0.880. The third-order valence-corrected chi connectivity index (χ3v) is 2.13. The molecule has 0 saturated carbocycles. The highest BCUT2D eigenvalue weighted by Crippen LogP contribution is 2.15. The maximum Gasteiger partial charge on any atom is 0.298 e. The highest BCUT2D eigenvalue weighted by atomic mass is 79.9. The average molecular weight is 248 g/mol. The van der Waals surface area contributed by atoms with Gasteiger partial charge in [0, 0.05) is 20.3 Å². The second kappa shape index (κ2) is 3.89. The molecule has 0 bridgehead atoms. The zero-order valence-corrected chi connectivity index (χ0v) is 9.20. The third kappa shape index (κ3) is 2.07. The highest BCUT2D eigenvalue weighted by Gasteiger charge is 2.18. The van der Waals surface area contributed by atoms with Crippen LogP contribution in [-0.4, -0.2) is 34.9 Å². The second-order valence-electron chi connectivity index (χ2n) is 2.48. The fraction of sp³-hybridized carbons (Fsp3) is 0.429. The van der Waals surface area contributed by atoms with Gasteiger partial charge in [-0.1, -0.05) is 0 Å². The first-order chi connectivity index (χ1) is 6.06. The molecule has 5 nitrogen and oxygen atoms in total. The molecule has 1 heterocycles. The molecular weight excluding hydrogens is 238 g/mol. The van der Waals surface area contributed by atoms with Crippen molar-refractivity contribution in [2.75, 3.05) is 14.2 Å². The van der Waals surface area contributed by atoms with Gasteiger partial charge in [0.25, 0.3) is 5.91 Å². The van der Waals surface area contributed by atoms with Crippen LogP contribution in [0.25, 0.3) is 0 Å². The Morgan fingerprint density at radius 2 is 2.38 bits per heavy atom. The normalized spacial score (nSPS) is 10.2. The van der Waals surface area contributed by atoms with Gasteiger partial charge < -0.3 is 0 Å². The Morgan fingerprint density at radius 3 is 2.77 bits per heavy atom. The Balaban J connectivity index is 2.94. The molecule has 0 atom stereocenters. The molecule has 0 saturated heterocycles. The van der Waals surface area contributed by atoms with E-state index in [-0.39, 0.29) is 5.91 Å². The monoisotopic (exact) mass is 247 g/mol. The lowest BCUT2D eigenvalue weighted by Gasteiger charge is -2.11. The van der Waals surface area contributed by atoms with E-state index in [0.717, 1.165) is 5.06 Å². The van der Waals surface area contributed by atoms with Gasteiger partial charge in [-0.15, -0.1) is 0 Å². The summed E-state index contributed by atoms with van der Waals surface area (Å²) in [5.41, 5.74) is 0.340. The zero-order chi connectivity index (χ0) is 10.0. The molecule has 0 aromatic carbocycles. The first-order valence-electron chi connectivity index (χ1n) is 3.57. The Morgan fingerprint density at radius 1 is 1.77 bits per heavy atom. The van der Waals surface area contributed by atoms with E-state index in [1.165, 1.54) is 14.2 Å². The number of aryl methyl sites for hydroxylation is 1. The number of hydroxylamine groups is 2. The number of rotatable bonds is 2. The van der Waals surface area contributed by atoms with E-state index in [1.807, 2.05) is 0 Å². The van der Waals surface area contributed by atoms with Crippen molar-refractivity contribution in [3.8, 4) is 0 Å². The smallest absolute Gasteiger partial charge is 0.274 e. The van der Waals surface area contributed by atoms with Crippen molar-refractivity contribution >= 4 is 21.8 Å². The maximum absolute atomic E-state index is 11.5. The largest absolute Gasteiger partial charge is 0.298 e. The van der Waals surface area contributed by atoms with E-state index in [4.69, 9.17) is 4.84 Å². The van der Waals surface area contributed by atoms with E-state index in [0.29, 0.717) is 10.2 Å². The van der Waals surface area contributed by atoms with Crippen molar-refractivity contribution in [1.82, 2.24) is 14.8 Å². The number of hydrogen-bond acceptors (Lipinski definition) is 3. The molecule has 0 aliphatic carbocycles. The molecule has 72 valence electrons. The highest BCUT2D eigenvalue weighted by molar-refractivity contribution is 9.10. The van der Waals surface area contributed by atoms with Gasteiger partial charge >= 0.3 is 0 Å². The molecule has 0 N–H and O–H groups in total. The lowest BCUT2D eigenvalue weighted by molar-refractivity contribution is -0.0761. The van der Waals surface area contributed by atoms with E-state index in [2.05, 4.69) is 21.0 Å². The van der Waals surface area contributed by atoms with E-state index in [1.54, 1.807) is 17.9 Å². The van der Waals surface area contributed by atoms with Crippen LogP contribution in [-0.2, 0) is 11.9 Å². The van der Waals surface area contributed by atoms with Crippen molar-refractivity contribution in [3.63, 3.8) is 0 Å². The molecule has 0 radical (unpaired) electrons. The third-order valence-electron chi connectivity index (χ3n) is 1.55. The van der Waals surface area contributed by atoms with Gasteiger partial charge in [0.2, 0.25) is 0 Å². The predicted octanol–water partition coefficient (Wildman–Crippen LogP) is 0.816. The van der Waals surface area contributed by atoms with Crippen molar-refractivity contribution in [3.05, 3.63) is 16.4 Å². The van der Waals surface area contributed by atoms with Crippen LogP contribution >= 0.6 is 15.9 Å². The number of hydrogen-bond donors (Lipinski definition) is 0. The molecule has 6 heteroatoms. The van der Waals surface area contributed by atoms with Crippen LogP contribution in [0.15, 0.2) is 10.7 Å². The first-order valence-corrected chi connectivity index (χ1v) is 4.37. The fourth-order valence-corrected chi connectivity index (χ4v) is 1.38. The summed E-state index contributed by atoms with van der Waals surface area (Å²) in [7, 11) is 4.70. The Labute approximate surface area is 84.4 Å². The SMILES string of the molecule is CON(C)C(=O)c1nn(C)cc1Br. The second-order valence-corrected chi connectivity index (χ2v) is 3.34. The molecule has 13 heavy (non-hydrogen) atoms. The predicted molar refractivity (Wildman–Crippen MR) is 50.0 cm³/mol. The Kier molecular flexibility index (Phi) is 3.05. The zero-order valence-electron chi connectivity index (χ0n) is 7.61. The molecule has 1 aromatic heterocycles. The summed E-state index contributed by atoms with van der Waals surface area (Å²) in [6.45, 7) is 0. The van der Waals surface area contributed by atoms with Crippen LogP contribution in [0.5, 0.6) is 0 Å². The van der Waals surface area contributed by atoms with Crippen LogP contribution in [0.4, 0.5) is 0 Å². The molecule has 1 amide bonds. The lowest BCUT2D eigenvalue weighted by atomic mass is 10.4. The molecular formula is C7H10BrN3O2. The minimum absolute atomic E-state index is 0.282. The molecule has 0 spiro atoms. The summed E-state index contributed by atoms with van der Waals surface area (Å²) < 4.78 is 2.21. The lowest BCUT2D eigenvalue weighted by Crippen LogP contribution is -2.26. The minimum atomic E-state index is -0.282. The van der Waals surface area contributed by atoms with Crippen LogP contribution in [0, 0.1) is 0 Å². The number of halogens is 1. The van der Waals surface area contributed by atoms with E-state index < -0.39 is 0 Å². The van der Waals surface area contributed by atoms with Crippen LogP contribution in [0.2, 0.25) is 0 Å². The van der Waals surface area contributed by atoms with Crippen molar-refractivity contribution in [1.29, 1.82) is 0 Å². The van der Waals surface area contributed by atoms with Gasteiger partial charge in [-0.2, -0.15) is 5.10 Å². The molecule has 1 aromatic rings. The summed E-state index contributed by atoms with van der Waals surface area (Å²) in [6.07, 6.45) is 1.71. The standard InChI is InChI=1S/C7H10BrN3O2/c1-10-4-5(8)6(9-10)7(12)11(2)13-3/h4H,1-3H3. The Bertz CT molecular complexity index is 324. The average Bonchev–Trinajstić information content (AvgIpc) is 2.42. The minimum Gasteiger partial charge on any atom is -0.274 e. The molecule has 1 rings (SSSR count). The fourth-order valence-electron chi connectivity index (χ4n) is 0.837. The molecule has 0 aliphatic rings. The quantitative estimate of drug-likeness (QED) is 0.728.